The zero-order chi connectivity index (χ0) is 15.4. The number of benzene rings is 1. The van der Waals surface area contributed by atoms with Gasteiger partial charge in [-0.25, -0.2) is 4.68 Å². The summed E-state index contributed by atoms with van der Waals surface area (Å²) in [6.07, 6.45) is 1.05. The highest BCUT2D eigenvalue weighted by atomic mass is 16.5. The van der Waals surface area contributed by atoms with Crippen molar-refractivity contribution in [2.24, 2.45) is 7.05 Å². The lowest BCUT2D eigenvalue weighted by Crippen LogP contribution is -2.20. The maximum atomic E-state index is 5.44. The lowest BCUT2D eigenvalue weighted by atomic mass is 10.0. The molecule has 2 rings (SSSR count). The van der Waals surface area contributed by atoms with Crippen molar-refractivity contribution in [3.8, 4) is 5.88 Å². The van der Waals surface area contributed by atoms with E-state index in [9.17, 15) is 0 Å². The number of ether oxygens (including phenoxy) is 1. The molecule has 114 valence electrons. The van der Waals surface area contributed by atoms with Crippen molar-refractivity contribution in [3.63, 3.8) is 0 Å². The van der Waals surface area contributed by atoms with Crippen LogP contribution in [0.25, 0.3) is 0 Å². The van der Waals surface area contributed by atoms with Gasteiger partial charge in [-0.05, 0) is 25.8 Å². The summed E-state index contributed by atoms with van der Waals surface area (Å²) in [4.78, 5) is 0. The number of nitrogens with one attached hydrogen (secondary N) is 1. The van der Waals surface area contributed by atoms with Crippen LogP contribution in [0.5, 0.6) is 5.88 Å². The topological polar surface area (TPSA) is 39.1 Å². The van der Waals surface area contributed by atoms with Crippen molar-refractivity contribution in [2.75, 3.05) is 7.11 Å². The first kappa shape index (κ1) is 15.6. The highest BCUT2D eigenvalue weighted by molar-refractivity contribution is 5.31. The summed E-state index contributed by atoms with van der Waals surface area (Å²) >= 11 is 0. The fourth-order valence-corrected chi connectivity index (χ4v) is 2.66. The van der Waals surface area contributed by atoms with E-state index in [2.05, 4.69) is 48.5 Å². The van der Waals surface area contributed by atoms with Crippen LogP contribution in [0.4, 0.5) is 0 Å². The monoisotopic (exact) mass is 287 g/mol. The van der Waals surface area contributed by atoms with E-state index in [1.807, 2.05) is 14.0 Å². The molecule has 4 heteroatoms. The van der Waals surface area contributed by atoms with Gasteiger partial charge in [-0.3, -0.25) is 0 Å². The second-order valence-electron chi connectivity index (χ2n) is 5.45. The molecule has 1 unspecified atom stereocenters. The predicted octanol–water partition coefficient (Wildman–Crippen LogP) is 3.29. The lowest BCUT2D eigenvalue weighted by Gasteiger charge is -2.18. The first-order valence-electron chi connectivity index (χ1n) is 7.43. The van der Waals surface area contributed by atoms with Gasteiger partial charge in [0.25, 0.3) is 0 Å². The SMILES string of the molecule is CCC(NCc1c(C)nn(C)c1OC)c1ccc(C)cc1. The van der Waals surface area contributed by atoms with E-state index >= 15 is 0 Å². The van der Waals surface area contributed by atoms with Crippen molar-refractivity contribution in [1.29, 1.82) is 0 Å². The molecule has 1 aromatic carbocycles. The molecule has 21 heavy (non-hydrogen) atoms. The van der Waals surface area contributed by atoms with Crippen LogP contribution in [0, 0.1) is 13.8 Å². The molecule has 1 aromatic heterocycles. The minimum absolute atomic E-state index is 0.343. The number of nitrogens with zero attached hydrogens (tertiary/aromatic N) is 2. The normalized spacial score (nSPS) is 12.4. The van der Waals surface area contributed by atoms with E-state index in [1.165, 1.54) is 11.1 Å². The first-order valence-corrected chi connectivity index (χ1v) is 7.43. The van der Waals surface area contributed by atoms with Crippen LogP contribution < -0.4 is 10.1 Å². The molecule has 0 amide bonds. The molecule has 1 atom stereocenters. The number of hydrogen-bond acceptors (Lipinski definition) is 3. The molecule has 0 aliphatic rings. The number of methoxy groups -OCH3 is 1. The van der Waals surface area contributed by atoms with E-state index in [1.54, 1.807) is 11.8 Å². The molecule has 0 fully saturated rings. The van der Waals surface area contributed by atoms with Gasteiger partial charge in [-0.15, -0.1) is 0 Å². The Morgan fingerprint density at radius 1 is 1.24 bits per heavy atom. The van der Waals surface area contributed by atoms with E-state index in [-0.39, 0.29) is 0 Å². The Bertz CT molecular complexity index is 587. The van der Waals surface area contributed by atoms with Crippen molar-refractivity contribution in [3.05, 3.63) is 46.6 Å². The Labute approximate surface area is 127 Å². The summed E-state index contributed by atoms with van der Waals surface area (Å²) < 4.78 is 7.24. The lowest BCUT2D eigenvalue weighted by molar-refractivity contribution is 0.366. The molecule has 0 spiro atoms. The highest BCUT2D eigenvalue weighted by Crippen LogP contribution is 2.23. The summed E-state index contributed by atoms with van der Waals surface area (Å²) in [5.74, 6) is 0.832. The van der Waals surface area contributed by atoms with Gasteiger partial charge in [0.2, 0.25) is 5.88 Å². The largest absolute Gasteiger partial charge is 0.481 e. The average Bonchev–Trinajstić information content (AvgIpc) is 2.75. The number of rotatable bonds is 6. The highest BCUT2D eigenvalue weighted by Gasteiger charge is 2.16. The van der Waals surface area contributed by atoms with E-state index < -0.39 is 0 Å². The third kappa shape index (κ3) is 3.45. The van der Waals surface area contributed by atoms with Crippen LogP contribution >= 0.6 is 0 Å². The van der Waals surface area contributed by atoms with Gasteiger partial charge in [0.15, 0.2) is 0 Å². The first-order chi connectivity index (χ1) is 10.1. The predicted molar refractivity (Wildman–Crippen MR) is 85.5 cm³/mol. The summed E-state index contributed by atoms with van der Waals surface area (Å²) in [5.41, 5.74) is 4.76. The number of aryl methyl sites for hydroxylation is 3. The smallest absolute Gasteiger partial charge is 0.216 e. The molecule has 0 bridgehead atoms. The van der Waals surface area contributed by atoms with Gasteiger partial charge in [0.1, 0.15) is 0 Å². The minimum atomic E-state index is 0.343. The van der Waals surface area contributed by atoms with Crippen LogP contribution in [-0.2, 0) is 13.6 Å². The average molecular weight is 287 g/mol. The van der Waals surface area contributed by atoms with E-state index in [0.29, 0.717) is 6.04 Å². The Kier molecular flexibility index (Phi) is 5.02. The molecule has 2 aromatic rings. The Hall–Kier alpha value is -1.81. The standard InChI is InChI=1S/C17H25N3O/c1-6-16(14-9-7-12(2)8-10-14)18-11-15-13(3)19-20(4)17(15)21-5/h7-10,16,18H,6,11H2,1-5H3. The Morgan fingerprint density at radius 2 is 1.90 bits per heavy atom. The fourth-order valence-electron chi connectivity index (χ4n) is 2.66. The molecular weight excluding hydrogens is 262 g/mol. The number of hydrogen-bond donors (Lipinski definition) is 1. The third-order valence-corrected chi connectivity index (χ3v) is 3.90. The van der Waals surface area contributed by atoms with E-state index in [0.717, 1.165) is 30.1 Å². The van der Waals surface area contributed by atoms with Crippen LogP contribution in [0.1, 0.15) is 41.8 Å². The second kappa shape index (κ2) is 6.76. The van der Waals surface area contributed by atoms with Crippen molar-refractivity contribution >= 4 is 0 Å². The second-order valence-corrected chi connectivity index (χ2v) is 5.45. The van der Waals surface area contributed by atoms with Crippen LogP contribution in [0.15, 0.2) is 24.3 Å². The molecular formula is C17H25N3O. The summed E-state index contributed by atoms with van der Waals surface area (Å²) in [6, 6.07) is 9.06. The Morgan fingerprint density at radius 3 is 2.48 bits per heavy atom. The molecule has 4 nitrogen and oxygen atoms in total. The van der Waals surface area contributed by atoms with Gasteiger partial charge in [-0.1, -0.05) is 36.8 Å². The zero-order valence-electron chi connectivity index (χ0n) is 13.6. The van der Waals surface area contributed by atoms with Gasteiger partial charge < -0.3 is 10.1 Å². The molecule has 0 aliphatic carbocycles. The van der Waals surface area contributed by atoms with Gasteiger partial charge in [-0.2, -0.15) is 5.10 Å². The summed E-state index contributed by atoms with van der Waals surface area (Å²) in [7, 11) is 3.60. The van der Waals surface area contributed by atoms with Gasteiger partial charge in [0, 0.05) is 19.6 Å². The minimum Gasteiger partial charge on any atom is -0.481 e. The summed E-state index contributed by atoms with van der Waals surface area (Å²) in [6.45, 7) is 7.09. The molecule has 0 saturated carbocycles. The van der Waals surface area contributed by atoms with Crippen LogP contribution in [0.2, 0.25) is 0 Å². The van der Waals surface area contributed by atoms with Crippen molar-refractivity contribution < 1.29 is 4.74 Å². The molecule has 1 N–H and O–H groups in total. The molecule has 0 aliphatic heterocycles. The third-order valence-electron chi connectivity index (χ3n) is 3.90. The fraction of sp³-hybridized carbons (Fsp3) is 0.471. The quantitative estimate of drug-likeness (QED) is 0.886. The van der Waals surface area contributed by atoms with Crippen molar-refractivity contribution in [2.45, 2.75) is 39.8 Å². The molecule has 0 radical (unpaired) electrons. The van der Waals surface area contributed by atoms with Gasteiger partial charge >= 0.3 is 0 Å². The molecule has 0 saturated heterocycles. The zero-order valence-corrected chi connectivity index (χ0v) is 13.6. The van der Waals surface area contributed by atoms with E-state index in [4.69, 9.17) is 4.74 Å². The molecule has 1 heterocycles. The van der Waals surface area contributed by atoms with Gasteiger partial charge in [0.05, 0.1) is 18.4 Å². The Balaban J connectivity index is 2.12. The number of aromatic nitrogens is 2. The summed E-state index contributed by atoms with van der Waals surface area (Å²) in [5, 5.41) is 8.04. The maximum Gasteiger partial charge on any atom is 0.216 e. The van der Waals surface area contributed by atoms with Crippen LogP contribution in [0.3, 0.4) is 0 Å². The maximum absolute atomic E-state index is 5.44. The van der Waals surface area contributed by atoms with Crippen molar-refractivity contribution in [1.82, 2.24) is 15.1 Å². The van der Waals surface area contributed by atoms with Crippen LogP contribution in [-0.4, -0.2) is 16.9 Å².